The molecule has 0 unspecified atom stereocenters. The van der Waals surface area contributed by atoms with Gasteiger partial charge < -0.3 is 14.9 Å². The molecule has 0 aliphatic carbocycles. The monoisotopic (exact) mass is 253 g/mol. The number of imidazole rings is 1. The van der Waals surface area contributed by atoms with Crippen LogP contribution in [0, 0.1) is 6.92 Å². The lowest BCUT2D eigenvalue weighted by Crippen LogP contribution is -2.00. The van der Waals surface area contributed by atoms with Gasteiger partial charge in [0.1, 0.15) is 18.0 Å². The van der Waals surface area contributed by atoms with Gasteiger partial charge in [-0.25, -0.2) is 4.98 Å². The first-order valence-electron chi connectivity index (χ1n) is 6.14. The highest BCUT2D eigenvalue weighted by Crippen LogP contribution is 2.26. The van der Waals surface area contributed by atoms with E-state index in [1.807, 2.05) is 60.1 Å². The number of pyridine rings is 1. The van der Waals surface area contributed by atoms with Gasteiger partial charge in [-0.15, -0.1) is 0 Å². The molecule has 0 saturated heterocycles. The summed E-state index contributed by atoms with van der Waals surface area (Å²) in [6.45, 7) is 2.39. The lowest BCUT2D eigenvalue weighted by molar-refractivity contribution is 0.302. The number of aryl methyl sites for hydroxylation is 1. The second-order valence-electron chi connectivity index (χ2n) is 4.48. The Labute approximate surface area is 111 Å². The molecule has 3 rings (SSSR count). The highest BCUT2D eigenvalue weighted by Gasteiger charge is 2.06. The molecule has 19 heavy (non-hydrogen) atoms. The molecule has 0 radical (unpaired) electrons. The first kappa shape index (κ1) is 11.6. The van der Waals surface area contributed by atoms with Crippen molar-refractivity contribution in [2.45, 2.75) is 13.5 Å². The Kier molecular flexibility index (Phi) is 2.83. The Hall–Kier alpha value is -2.49. The maximum absolute atomic E-state index is 5.91. The Morgan fingerprint density at radius 2 is 2.11 bits per heavy atom. The van der Waals surface area contributed by atoms with Crippen molar-refractivity contribution in [3.05, 3.63) is 60.0 Å². The molecule has 0 aliphatic rings. The maximum atomic E-state index is 5.91. The molecule has 2 aromatic heterocycles. The summed E-state index contributed by atoms with van der Waals surface area (Å²) in [4.78, 5) is 4.48. The molecule has 1 aromatic carbocycles. The molecule has 4 heteroatoms. The summed E-state index contributed by atoms with van der Waals surface area (Å²) in [5, 5.41) is 0. The van der Waals surface area contributed by atoms with E-state index < -0.39 is 0 Å². The number of fused-ring (bicyclic) bond motifs is 1. The van der Waals surface area contributed by atoms with E-state index in [-0.39, 0.29) is 0 Å². The van der Waals surface area contributed by atoms with Gasteiger partial charge in [-0.05, 0) is 30.7 Å². The number of nitrogens with zero attached hydrogens (tertiary/aromatic N) is 2. The molecule has 4 nitrogen and oxygen atoms in total. The molecule has 0 amide bonds. The van der Waals surface area contributed by atoms with Crippen LogP contribution in [0.4, 0.5) is 5.69 Å². The van der Waals surface area contributed by atoms with Crippen LogP contribution in [0.1, 0.15) is 11.3 Å². The van der Waals surface area contributed by atoms with Crippen LogP contribution in [-0.4, -0.2) is 9.38 Å². The molecule has 2 heterocycles. The zero-order valence-electron chi connectivity index (χ0n) is 10.7. The fourth-order valence-corrected chi connectivity index (χ4v) is 2.08. The van der Waals surface area contributed by atoms with Crippen LogP contribution in [0.15, 0.2) is 48.8 Å². The van der Waals surface area contributed by atoms with Crippen molar-refractivity contribution in [1.82, 2.24) is 9.38 Å². The van der Waals surface area contributed by atoms with Crippen LogP contribution in [0.3, 0.4) is 0 Å². The minimum absolute atomic E-state index is 0.413. The lowest BCUT2D eigenvalue weighted by atomic mass is 10.2. The average Bonchev–Trinajstić information content (AvgIpc) is 2.81. The molecule has 0 saturated carbocycles. The smallest absolute Gasteiger partial charge is 0.145 e. The fourth-order valence-electron chi connectivity index (χ4n) is 2.08. The van der Waals surface area contributed by atoms with Crippen molar-refractivity contribution < 1.29 is 4.74 Å². The van der Waals surface area contributed by atoms with Gasteiger partial charge in [-0.1, -0.05) is 18.2 Å². The molecule has 96 valence electrons. The quantitative estimate of drug-likeness (QED) is 0.730. The van der Waals surface area contributed by atoms with Gasteiger partial charge in [-0.3, -0.25) is 0 Å². The second-order valence-corrected chi connectivity index (χ2v) is 4.48. The average molecular weight is 253 g/mol. The number of hydrogen-bond donors (Lipinski definition) is 1. The summed E-state index contributed by atoms with van der Waals surface area (Å²) in [5.41, 5.74) is 9.40. The van der Waals surface area contributed by atoms with E-state index in [9.17, 15) is 0 Å². The summed E-state index contributed by atoms with van der Waals surface area (Å²) < 4.78 is 7.75. The van der Waals surface area contributed by atoms with E-state index in [1.54, 1.807) is 0 Å². The Balaban J connectivity index is 1.82. The predicted octanol–water partition coefficient (Wildman–Crippen LogP) is 2.80. The summed E-state index contributed by atoms with van der Waals surface area (Å²) in [5.74, 6) is 0.736. The van der Waals surface area contributed by atoms with E-state index in [2.05, 4.69) is 4.98 Å². The Morgan fingerprint density at radius 3 is 2.89 bits per heavy atom. The molecule has 3 aromatic rings. The van der Waals surface area contributed by atoms with Gasteiger partial charge in [0.05, 0.1) is 11.4 Å². The van der Waals surface area contributed by atoms with Gasteiger partial charge in [0.15, 0.2) is 0 Å². The number of rotatable bonds is 3. The number of aromatic nitrogens is 2. The van der Waals surface area contributed by atoms with Crippen molar-refractivity contribution in [2.24, 2.45) is 0 Å². The normalized spacial score (nSPS) is 10.8. The fraction of sp³-hybridized carbons (Fsp3) is 0.133. The van der Waals surface area contributed by atoms with Crippen LogP contribution >= 0.6 is 0 Å². The number of benzene rings is 1. The van der Waals surface area contributed by atoms with Crippen molar-refractivity contribution in [3.63, 3.8) is 0 Å². The van der Waals surface area contributed by atoms with Gasteiger partial charge in [0, 0.05) is 12.4 Å². The Morgan fingerprint density at radius 1 is 1.21 bits per heavy atom. The highest BCUT2D eigenvalue weighted by atomic mass is 16.5. The number of ether oxygens (including phenoxy) is 1. The van der Waals surface area contributed by atoms with E-state index in [0.717, 1.165) is 22.7 Å². The first-order chi connectivity index (χ1) is 9.24. The van der Waals surface area contributed by atoms with Gasteiger partial charge in [0.25, 0.3) is 0 Å². The number of nitrogen functional groups attached to an aromatic ring is 1. The number of anilines is 1. The molecule has 0 bridgehead atoms. The zero-order chi connectivity index (χ0) is 13.2. The minimum atomic E-state index is 0.413. The molecule has 0 spiro atoms. The standard InChI is InChI=1S/C15H15N3O/c1-11-5-4-6-13(16)15(11)19-10-12-9-18-8-3-2-7-14(18)17-12/h2-9H,10,16H2,1H3. The van der Waals surface area contributed by atoms with Crippen molar-refractivity contribution in [1.29, 1.82) is 0 Å². The Bertz CT molecular complexity index is 665. The number of hydrogen-bond acceptors (Lipinski definition) is 3. The van der Waals surface area contributed by atoms with Crippen molar-refractivity contribution in [3.8, 4) is 5.75 Å². The minimum Gasteiger partial charge on any atom is -0.485 e. The molecular formula is C15H15N3O. The summed E-state index contributed by atoms with van der Waals surface area (Å²) in [6, 6.07) is 11.6. The zero-order valence-corrected chi connectivity index (χ0v) is 10.7. The summed E-state index contributed by atoms with van der Waals surface area (Å²) in [7, 11) is 0. The predicted molar refractivity (Wildman–Crippen MR) is 75.1 cm³/mol. The van der Waals surface area contributed by atoms with Crippen molar-refractivity contribution >= 4 is 11.3 Å². The second kappa shape index (κ2) is 4.65. The van der Waals surface area contributed by atoms with Crippen LogP contribution in [0.25, 0.3) is 5.65 Å². The van der Waals surface area contributed by atoms with E-state index >= 15 is 0 Å². The van der Waals surface area contributed by atoms with Crippen LogP contribution < -0.4 is 10.5 Å². The summed E-state index contributed by atoms with van der Waals surface area (Å²) in [6.07, 6.45) is 3.93. The molecule has 0 atom stereocenters. The van der Waals surface area contributed by atoms with Crippen molar-refractivity contribution in [2.75, 3.05) is 5.73 Å². The van der Waals surface area contributed by atoms with E-state index in [1.165, 1.54) is 0 Å². The van der Waals surface area contributed by atoms with Gasteiger partial charge in [0.2, 0.25) is 0 Å². The van der Waals surface area contributed by atoms with Gasteiger partial charge >= 0.3 is 0 Å². The molecule has 2 N–H and O–H groups in total. The molecule has 0 fully saturated rings. The molecular weight excluding hydrogens is 238 g/mol. The highest BCUT2D eigenvalue weighted by molar-refractivity contribution is 5.56. The van der Waals surface area contributed by atoms with Crippen LogP contribution in [0.2, 0.25) is 0 Å². The first-order valence-corrected chi connectivity index (χ1v) is 6.14. The number of nitrogens with two attached hydrogens (primary N) is 1. The summed E-state index contributed by atoms with van der Waals surface area (Å²) >= 11 is 0. The third-order valence-corrected chi connectivity index (χ3v) is 3.02. The van der Waals surface area contributed by atoms with E-state index in [4.69, 9.17) is 10.5 Å². The molecule has 0 aliphatic heterocycles. The lowest BCUT2D eigenvalue weighted by Gasteiger charge is -2.10. The van der Waals surface area contributed by atoms with Crippen LogP contribution in [-0.2, 0) is 6.61 Å². The topological polar surface area (TPSA) is 52.5 Å². The van der Waals surface area contributed by atoms with E-state index in [0.29, 0.717) is 12.3 Å². The van der Waals surface area contributed by atoms with Crippen LogP contribution in [0.5, 0.6) is 5.75 Å². The SMILES string of the molecule is Cc1cccc(N)c1OCc1cn2ccccc2n1. The number of para-hydroxylation sites is 1. The third kappa shape index (κ3) is 2.25. The third-order valence-electron chi connectivity index (χ3n) is 3.02. The maximum Gasteiger partial charge on any atom is 0.145 e. The largest absolute Gasteiger partial charge is 0.485 e. The van der Waals surface area contributed by atoms with Gasteiger partial charge in [-0.2, -0.15) is 0 Å².